The average Bonchev–Trinajstić information content (AvgIpc) is 2.81. The number of aromatic nitrogens is 3. The summed E-state index contributed by atoms with van der Waals surface area (Å²) in [6.45, 7) is 4.92. The summed E-state index contributed by atoms with van der Waals surface area (Å²) in [5, 5.41) is 4.18. The van der Waals surface area contributed by atoms with Crippen LogP contribution < -0.4 is 11.3 Å². The Hall–Kier alpha value is -1.24. The Labute approximate surface area is 121 Å². The lowest BCUT2D eigenvalue weighted by atomic mass is 10.0. The van der Waals surface area contributed by atoms with Crippen LogP contribution in [0.1, 0.15) is 29.9 Å². The summed E-state index contributed by atoms with van der Waals surface area (Å²) in [4.78, 5) is 4.29. The number of hydrogen-bond acceptors (Lipinski definition) is 4. The van der Waals surface area contributed by atoms with Gasteiger partial charge in [-0.1, -0.05) is 22.0 Å². The zero-order chi connectivity index (χ0) is 13.8. The van der Waals surface area contributed by atoms with Crippen LogP contribution in [-0.4, -0.2) is 14.8 Å². The molecule has 19 heavy (non-hydrogen) atoms. The molecule has 0 radical (unpaired) electrons. The second-order valence-electron chi connectivity index (χ2n) is 4.48. The fraction of sp³-hybridized carbons (Fsp3) is 0.385. The molecule has 2 aromatic rings. The predicted octanol–water partition coefficient (Wildman–Crippen LogP) is 2.12. The molecule has 0 saturated heterocycles. The van der Waals surface area contributed by atoms with E-state index in [4.69, 9.17) is 5.84 Å². The van der Waals surface area contributed by atoms with E-state index in [1.54, 1.807) is 6.33 Å². The van der Waals surface area contributed by atoms with Crippen LogP contribution >= 0.6 is 15.9 Å². The second kappa shape index (κ2) is 6.27. The Kier molecular flexibility index (Phi) is 4.68. The van der Waals surface area contributed by atoms with Gasteiger partial charge in [-0.05, 0) is 37.1 Å². The number of rotatable bonds is 5. The highest BCUT2D eigenvalue weighted by molar-refractivity contribution is 9.10. The zero-order valence-corrected chi connectivity index (χ0v) is 12.7. The van der Waals surface area contributed by atoms with Gasteiger partial charge < -0.3 is 0 Å². The summed E-state index contributed by atoms with van der Waals surface area (Å²) in [6.07, 6.45) is 2.29. The maximum Gasteiger partial charge on any atom is 0.138 e. The first-order chi connectivity index (χ1) is 9.13. The van der Waals surface area contributed by atoms with E-state index in [2.05, 4.69) is 56.6 Å². The third kappa shape index (κ3) is 3.40. The topological polar surface area (TPSA) is 68.8 Å². The fourth-order valence-electron chi connectivity index (χ4n) is 2.13. The van der Waals surface area contributed by atoms with Gasteiger partial charge in [0.2, 0.25) is 0 Å². The number of aryl methyl sites for hydroxylation is 2. The van der Waals surface area contributed by atoms with E-state index in [0.717, 1.165) is 22.4 Å². The quantitative estimate of drug-likeness (QED) is 0.653. The lowest BCUT2D eigenvalue weighted by Crippen LogP contribution is -2.30. The minimum absolute atomic E-state index is 0.0192. The average molecular weight is 324 g/mol. The van der Waals surface area contributed by atoms with Gasteiger partial charge in [-0.25, -0.2) is 4.98 Å². The Morgan fingerprint density at radius 3 is 2.84 bits per heavy atom. The van der Waals surface area contributed by atoms with Crippen molar-refractivity contribution in [2.75, 3.05) is 0 Å². The van der Waals surface area contributed by atoms with E-state index in [1.807, 2.05) is 11.6 Å². The number of nitrogens with one attached hydrogen (secondary N) is 1. The first-order valence-corrected chi connectivity index (χ1v) is 7.03. The third-order valence-electron chi connectivity index (χ3n) is 3.05. The van der Waals surface area contributed by atoms with Crippen LogP contribution in [-0.2, 0) is 13.0 Å². The van der Waals surface area contributed by atoms with Gasteiger partial charge in [0, 0.05) is 17.4 Å². The van der Waals surface area contributed by atoms with E-state index >= 15 is 0 Å². The molecule has 3 N–H and O–H groups in total. The van der Waals surface area contributed by atoms with Gasteiger partial charge in [0.1, 0.15) is 12.2 Å². The van der Waals surface area contributed by atoms with Crippen LogP contribution in [0.15, 0.2) is 29.0 Å². The van der Waals surface area contributed by atoms with Gasteiger partial charge >= 0.3 is 0 Å². The number of hydrogen-bond donors (Lipinski definition) is 2. The molecule has 102 valence electrons. The molecular formula is C13H18BrN5. The van der Waals surface area contributed by atoms with Gasteiger partial charge in [-0.2, -0.15) is 5.10 Å². The Morgan fingerprint density at radius 2 is 2.21 bits per heavy atom. The van der Waals surface area contributed by atoms with Crippen molar-refractivity contribution in [1.82, 2.24) is 20.2 Å². The van der Waals surface area contributed by atoms with Crippen molar-refractivity contribution in [3.63, 3.8) is 0 Å². The van der Waals surface area contributed by atoms with Gasteiger partial charge in [0.15, 0.2) is 0 Å². The number of nitrogens with two attached hydrogens (primary N) is 1. The Bertz CT molecular complexity index is 531. The molecule has 5 nitrogen and oxygen atoms in total. The van der Waals surface area contributed by atoms with E-state index < -0.39 is 0 Å². The normalized spacial score (nSPS) is 12.6. The summed E-state index contributed by atoms with van der Waals surface area (Å²) in [7, 11) is 0. The highest BCUT2D eigenvalue weighted by Gasteiger charge is 2.15. The molecule has 1 unspecified atom stereocenters. The second-order valence-corrected chi connectivity index (χ2v) is 5.39. The monoisotopic (exact) mass is 323 g/mol. The van der Waals surface area contributed by atoms with Crippen molar-refractivity contribution in [3.8, 4) is 0 Å². The molecule has 6 heteroatoms. The van der Waals surface area contributed by atoms with Crippen LogP contribution in [0.4, 0.5) is 0 Å². The zero-order valence-electron chi connectivity index (χ0n) is 11.1. The number of hydrazine groups is 1. The van der Waals surface area contributed by atoms with Crippen molar-refractivity contribution in [2.45, 2.75) is 32.9 Å². The molecule has 0 amide bonds. The smallest absolute Gasteiger partial charge is 0.138 e. The first-order valence-electron chi connectivity index (χ1n) is 6.24. The molecule has 1 aromatic carbocycles. The van der Waals surface area contributed by atoms with E-state index in [0.29, 0.717) is 6.42 Å². The summed E-state index contributed by atoms with van der Waals surface area (Å²) in [5.41, 5.74) is 5.20. The van der Waals surface area contributed by atoms with Crippen LogP contribution in [0, 0.1) is 6.92 Å². The van der Waals surface area contributed by atoms with Crippen molar-refractivity contribution in [3.05, 3.63) is 46.0 Å². The summed E-state index contributed by atoms with van der Waals surface area (Å²) in [5.74, 6) is 6.62. The van der Waals surface area contributed by atoms with Crippen LogP contribution in [0.5, 0.6) is 0 Å². The van der Waals surface area contributed by atoms with Crippen LogP contribution in [0.25, 0.3) is 0 Å². The number of halogens is 1. The molecule has 0 saturated carbocycles. The summed E-state index contributed by atoms with van der Waals surface area (Å²) in [6, 6.07) is 6.29. The summed E-state index contributed by atoms with van der Waals surface area (Å²) < 4.78 is 2.94. The van der Waals surface area contributed by atoms with Gasteiger partial charge in [0.05, 0.1) is 6.04 Å². The number of benzene rings is 1. The molecule has 0 aliphatic carbocycles. The maximum absolute atomic E-state index is 5.69. The standard InChI is InChI=1S/C13H18BrN5/c1-3-19-13(16-8-17-19)7-12(18-15)10-4-9(2)5-11(14)6-10/h4-6,8,12,18H,3,7,15H2,1-2H3. The molecule has 1 heterocycles. The molecule has 0 aliphatic rings. The molecule has 0 spiro atoms. The molecule has 0 bridgehead atoms. The molecule has 2 rings (SSSR count). The molecule has 1 atom stereocenters. The lowest BCUT2D eigenvalue weighted by molar-refractivity contribution is 0.510. The third-order valence-corrected chi connectivity index (χ3v) is 3.51. The van der Waals surface area contributed by atoms with E-state index in [1.165, 1.54) is 5.56 Å². The molecule has 0 aliphatic heterocycles. The Morgan fingerprint density at radius 1 is 1.42 bits per heavy atom. The molecule has 0 fully saturated rings. The molecular weight excluding hydrogens is 306 g/mol. The molecule has 1 aromatic heterocycles. The Balaban J connectivity index is 2.25. The summed E-state index contributed by atoms with van der Waals surface area (Å²) >= 11 is 3.51. The van der Waals surface area contributed by atoms with Crippen LogP contribution in [0.3, 0.4) is 0 Å². The van der Waals surface area contributed by atoms with Crippen molar-refractivity contribution < 1.29 is 0 Å². The van der Waals surface area contributed by atoms with E-state index in [9.17, 15) is 0 Å². The number of nitrogens with zero attached hydrogens (tertiary/aromatic N) is 3. The van der Waals surface area contributed by atoms with Gasteiger partial charge in [-0.15, -0.1) is 0 Å². The highest BCUT2D eigenvalue weighted by atomic mass is 79.9. The first kappa shape index (κ1) is 14.2. The van der Waals surface area contributed by atoms with E-state index in [-0.39, 0.29) is 6.04 Å². The lowest BCUT2D eigenvalue weighted by Gasteiger charge is -2.17. The fourth-order valence-corrected chi connectivity index (χ4v) is 2.76. The van der Waals surface area contributed by atoms with Gasteiger partial charge in [0.25, 0.3) is 0 Å². The van der Waals surface area contributed by atoms with Crippen molar-refractivity contribution >= 4 is 15.9 Å². The van der Waals surface area contributed by atoms with Crippen molar-refractivity contribution in [1.29, 1.82) is 0 Å². The van der Waals surface area contributed by atoms with Crippen molar-refractivity contribution in [2.24, 2.45) is 5.84 Å². The highest BCUT2D eigenvalue weighted by Crippen LogP contribution is 2.22. The largest absolute Gasteiger partial charge is 0.271 e. The van der Waals surface area contributed by atoms with Crippen LogP contribution in [0.2, 0.25) is 0 Å². The predicted molar refractivity (Wildman–Crippen MR) is 78.3 cm³/mol. The maximum atomic E-state index is 5.69. The SMILES string of the molecule is CCn1ncnc1CC(NN)c1cc(C)cc(Br)c1. The minimum atomic E-state index is 0.0192. The van der Waals surface area contributed by atoms with Gasteiger partial charge in [-0.3, -0.25) is 16.0 Å². The minimum Gasteiger partial charge on any atom is -0.271 e.